The highest BCUT2D eigenvalue weighted by molar-refractivity contribution is 9.09. The van der Waals surface area contributed by atoms with E-state index in [1.54, 1.807) is 0 Å². The Morgan fingerprint density at radius 2 is 1.77 bits per heavy atom. The molecule has 0 aliphatic rings. The minimum atomic E-state index is 0.944. The maximum atomic E-state index is 3.44. The van der Waals surface area contributed by atoms with Crippen LogP contribution in [0.1, 0.15) is 23.6 Å². The normalized spacial score (nSPS) is 11.8. The molecule has 1 aromatic carbocycles. The summed E-state index contributed by atoms with van der Waals surface area (Å²) in [6, 6.07) is 6.61. The van der Waals surface area contributed by atoms with Crippen LogP contribution in [0.5, 0.6) is 0 Å². The van der Waals surface area contributed by atoms with E-state index in [9.17, 15) is 0 Å². The third-order valence-corrected chi connectivity index (χ3v) is 2.75. The Morgan fingerprint density at radius 3 is 2.23 bits per heavy atom. The summed E-state index contributed by atoms with van der Waals surface area (Å²) in [5.41, 5.74) is 5.31. The summed E-state index contributed by atoms with van der Waals surface area (Å²) in [6.07, 6.45) is 2.22. The number of rotatable bonds is 2. The lowest BCUT2D eigenvalue weighted by molar-refractivity contribution is 1.36. The number of allylic oxidation sites excluding steroid dienone is 1. The number of alkyl halides is 1. The summed E-state index contributed by atoms with van der Waals surface area (Å²) in [4.78, 5) is 0. The van der Waals surface area contributed by atoms with E-state index in [0.29, 0.717) is 0 Å². The highest BCUT2D eigenvalue weighted by atomic mass is 79.9. The zero-order valence-corrected chi connectivity index (χ0v) is 9.98. The van der Waals surface area contributed by atoms with Crippen molar-refractivity contribution in [3.8, 4) is 0 Å². The second-order valence-corrected chi connectivity index (χ2v) is 4.11. The Balaban J connectivity index is 3.02. The van der Waals surface area contributed by atoms with Gasteiger partial charge in [0, 0.05) is 5.33 Å². The number of aryl methyl sites for hydroxylation is 2. The van der Waals surface area contributed by atoms with Crippen LogP contribution in [-0.4, -0.2) is 5.33 Å². The van der Waals surface area contributed by atoms with Gasteiger partial charge in [-0.05, 0) is 26.3 Å². The van der Waals surface area contributed by atoms with Crippen LogP contribution in [0.4, 0.5) is 0 Å². The highest BCUT2D eigenvalue weighted by Gasteiger charge is 1.93. The molecule has 0 fully saturated rings. The van der Waals surface area contributed by atoms with E-state index in [1.165, 1.54) is 22.3 Å². The van der Waals surface area contributed by atoms with E-state index in [2.05, 4.69) is 61.0 Å². The minimum Gasteiger partial charge on any atom is -0.0880 e. The molecule has 0 saturated heterocycles. The Labute approximate surface area is 88.8 Å². The second kappa shape index (κ2) is 4.61. The molecule has 1 heteroatoms. The smallest absolute Gasteiger partial charge is 0.0242 e. The average molecular weight is 239 g/mol. The van der Waals surface area contributed by atoms with Crippen LogP contribution < -0.4 is 0 Å². The van der Waals surface area contributed by atoms with Gasteiger partial charge in [-0.15, -0.1) is 0 Å². The quantitative estimate of drug-likeness (QED) is 0.681. The lowest BCUT2D eigenvalue weighted by Gasteiger charge is -2.01. The topological polar surface area (TPSA) is 0 Å². The first-order chi connectivity index (χ1) is 6.11. The first kappa shape index (κ1) is 10.5. The number of hydrogen-bond donors (Lipinski definition) is 0. The van der Waals surface area contributed by atoms with Gasteiger partial charge in [-0.1, -0.05) is 56.9 Å². The van der Waals surface area contributed by atoms with Crippen LogP contribution in [0.2, 0.25) is 0 Å². The Bertz CT molecular complexity index is 304. The van der Waals surface area contributed by atoms with Gasteiger partial charge >= 0.3 is 0 Å². The van der Waals surface area contributed by atoms with Crippen molar-refractivity contribution >= 4 is 22.0 Å². The Morgan fingerprint density at radius 1 is 1.23 bits per heavy atom. The molecule has 0 nitrogen and oxygen atoms in total. The molecule has 0 radical (unpaired) electrons. The largest absolute Gasteiger partial charge is 0.0880 e. The van der Waals surface area contributed by atoms with Crippen molar-refractivity contribution in [3.63, 3.8) is 0 Å². The van der Waals surface area contributed by atoms with Gasteiger partial charge in [-0.2, -0.15) is 0 Å². The van der Waals surface area contributed by atoms with E-state index >= 15 is 0 Å². The van der Waals surface area contributed by atoms with Crippen molar-refractivity contribution in [2.24, 2.45) is 0 Å². The number of benzene rings is 1. The van der Waals surface area contributed by atoms with E-state index in [1.807, 2.05) is 0 Å². The first-order valence-corrected chi connectivity index (χ1v) is 5.55. The molecule has 70 valence electrons. The molecule has 0 atom stereocenters. The fraction of sp³-hybridized carbons (Fsp3) is 0.333. The van der Waals surface area contributed by atoms with Gasteiger partial charge in [-0.3, -0.25) is 0 Å². The van der Waals surface area contributed by atoms with Crippen molar-refractivity contribution in [3.05, 3.63) is 40.5 Å². The van der Waals surface area contributed by atoms with Gasteiger partial charge in [0.1, 0.15) is 0 Å². The van der Waals surface area contributed by atoms with Crippen molar-refractivity contribution in [2.75, 3.05) is 5.33 Å². The third kappa shape index (κ3) is 3.35. The van der Waals surface area contributed by atoms with Crippen LogP contribution in [0.3, 0.4) is 0 Å². The standard InChI is InChI=1S/C12H15Br/c1-9-4-10(2)6-12(5-9)7-11(3)8-13/h4-7H,8H2,1-3H3. The molecule has 0 spiro atoms. The fourth-order valence-corrected chi connectivity index (χ4v) is 1.58. The number of halogens is 1. The Hall–Kier alpha value is -0.560. The minimum absolute atomic E-state index is 0.944. The van der Waals surface area contributed by atoms with Crippen LogP contribution in [0.25, 0.3) is 6.08 Å². The Kier molecular flexibility index (Phi) is 3.73. The second-order valence-electron chi connectivity index (χ2n) is 3.55. The van der Waals surface area contributed by atoms with E-state index in [4.69, 9.17) is 0 Å². The number of hydrogen-bond acceptors (Lipinski definition) is 0. The van der Waals surface area contributed by atoms with Gasteiger partial charge in [0.25, 0.3) is 0 Å². The molecule has 13 heavy (non-hydrogen) atoms. The van der Waals surface area contributed by atoms with Crippen LogP contribution in [0, 0.1) is 13.8 Å². The fourth-order valence-electron chi connectivity index (χ4n) is 1.42. The van der Waals surface area contributed by atoms with Crippen LogP contribution in [0.15, 0.2) is 23.8 Å². The molecule has 0 unspecified atom stereocenters. The summed E-state index contributed by atoms with van der Waals surface area (Å²) in [6.45, 7) is 6.40. The van der Waals surface area contributed by atoms with E-state index < -0.39 is 0 Å². The molecule has 0 N–H and O–H groups in total. The summed E-state index contributed by atoms with van der Waals surface area (Å²) in [7, 11) is 0. The van der Waals surface area contributed by atoms with Crippen LogP contribution >= 0.6 is 15.9 Å². The molecule has 1 aromatic rings. The SMILES string of the molecule is CC(=Cc1cc(C)cc(C)c1)CBr. The maximum Gasteiger partial charge on any atom is 0.0242 e. The van der Waals surface area contributed by atoms with E-state index in [-0.39, 0.29) is 0 Å². The maximum absolute atomic E-state index is 3.44. The van der Waals surface area contributed by atoms with E-state index in [0.717, 1.165) is 5.33 Å². The third-order valence-electron chi connectivity index (χ3n) is 1.87. The molecule has 0 amide bonds. The monoisotopic (exact) mass is 238 g/mol. The molecular weight excluding hydrogens is 224 g/mol. The summed E-state index contributed by atoms with van der Waals surface area (Å²) in [5.74, 6) is 0. The first-order valence-electron chi connectivity index (χ1n) is 4.43. The molecule has 0 saturated carbocycles. The zero-order valence-electron chi connectivity index (χ0n) is 8.39. The van der Waals surface area contributed by atoms with Gasteiger partial charge < -0.3 is 0 Å². The molecule has 1 rings (SSSR count). The molecule has 0 heterocycles. The van der Waals surface area contributed by atoms with Gasteiger partial charge in [0.2, 0.25) is 0 Å². The average Bonchev–Trinajstić information content (AvgIpc) is 2.02. The predicted octanol–water partition coefficient (Wildman–Crippen LogP) is 4.10. The van der Waals surface area contributed by atoms with Crippen molar-refractivity contribution < 1.29 is 0 Å². The van der Waals surface area contributed by atoms with Crippen molar-refractivity contribution in [1.29, 1.82) is 0 Å². The molecule has 0 bridgehead atoms. The molecular formula is C12H15Br. The molecule has 0 aliphatic carbocycles. The lowest BCUT2D eigenvalue weighted by Crippen LogP contribution is -1.82. The summed E-state index contributed by atoms with van der Waals surface area (Å²) in [5, 5.41) is 0.944. The van der Waals surface area contributed by atoms with Crippen LogP contribution in [-0.2, 0) is 0 Å². The zero-order chi connectivity index (χ0) is 9.84. The lowest BCUT2D eigenvalue weighted by atomic mass is 10.1. The van der Waals surface area contributed by atoms with Gasteiger partial charge in [0.15, 0.2) is 0 Å². The predicted molar refractivity (Wildman–Crippen MR) is 63.4 cm³/mol. The van der Waals surface area contributed by atoms with Gasteiger partial charge in [-0.25, -0.2) is 0 Å². The molecule has 0 aliphatic heterocycles. The van der Waals surface area contributed by atoms with Crippen molar-refractivity contribution in [2.45, 2.75) is 20.8 Å². The summed E-state index contributed by atoms with van der Waals surface area (Å²) < 4.78 is 0. The summed E-state index contributed by atoms with van der Waals surface area (Å²) >= 11 is 3.44. The highest BCUT2D eigenvalue weighted by Crippen LogP contribution is 2.13. The van der Waals surface area contributed by atoms with Crippen molar-refractivity contribution in [1.82, 2.24) is 0 Å². The van der Waals surface area contributed by atoms with Gasteiger partial charge in [0.05, 0.1) is 0 Å². The molecule has 0 aromatic heterocycles.